The quantitative estimate of drug-likeness (QED) is 0.870. The van der Waals surface area contributed by atoms with Gasteiger partial charge in [0.25, 0.3) is 0 Å². The van der Waals surface area contributed by atoms with Crippen LogP contribution in [0.3, 0.4) is 0 Å². The number of benzene rings is 1. The minimum Gasteiger partial charge on any atom is -0.383 e. The molecule has 1 aliphatic heterocycles. The van der Waals surface area contributed by atoms with E-state index in [0.29, 0.717) is 12.6 Å². The molecule has 1 aliphatic rings. The van der Waals surface area contributed by atoms with Crippen LogP contribution < -0.4 is 10.2 Å². The Morgan fingerprint density at radius 2 is 2.00 bits per heavy atom. The van der Waals surface area contributed by atoms with E-state index in [1.165, 1.54) is 12.1 Å². The molecule has 3 rings (SSSR count). The van der Waals surface area contributed by atoms with Gasteiger partial charge in [0.05, 0.1) is 18.3 Å². The molecule has 2 heterocycles. The van der Waals surface area contributed by atoms with E-state index in [4.69, 9.17) is 4.74 Å². The van der Waals surface area contributed by atoms with Crippen LogP contribution in [0.2, 0.25) is 0 Å². The lowest BCUT2D eigenvalue weighted by Crippen LogP contribution is -2.44. The third-order valence-electron chi connectivity index (χ3n) is 4.58. The Kier molecular flexibility index (Phi) is 5.94. The normalized spacial score (nSPS) is 16.8. The molecule has 1 N–H and O–H groups in total. The number of rotatable bonds is 6. The zero-order chi connectivity index (χ0) is 17.6. The van der Waals surface area contributed by atoms with Crippen LogP contribution in [0.15, 0.2) is 42.6 Å². The summed E-state index contributed by atoms with van der Waals surface area (Å²) in [4.78, 5) is 6.50. The van der Waals surface area contributed by atoms with E-state index in [9.17, 15) is 8.78 Å². The Labute approximate surface area is 146 Å². The molecule has 0 aliphatic carbocycles. The SMILES string of the molecule is COCC(NC1CCN(c2ccc(F)c(F)c2)CC1)c1ccccn1. The highest BCUT2D eigenvalue weighted by atomic mass is 19.2. The number of aromatic nitrogens is 1. The highest BCUT2D eigenvalue weighted by Gasteiger charge is 2.23. The number of anilines is 1. The number of hydrogen-bond acceptors (Lipinski definition) is 4. The van der Waals surface area contributed by atoms with E-state index in [-0.39, 0.29) is 6.04 Å². The molecule has 1 fully saturated rings. The fourth-order valence-corrected chi connectivity index (χ4v) is 3.24. The van der Waals surface area contributed by atoms with Gasteiger partial charge in [0.1, 0.15) is 0 Å². The average Bonchev–Trinajstić information content (AvgIpc) is 2.65. The molecule has 134 valence electrons. The van der Waals surface area contributed by atoms with Gasteiger partial charge in [-0.25, -0.2) is 8.78 Å². The van der Waals surface area contributed by atoms with Gasteiger partial charge in [-0.15, -0.1) is 0 Å². The van der Waals surface area contributed by atoms with Gasteiger partial charge in [-0.1, -0.05) is 6.07 Å². The summed E-state index contributed by atoms with van der Waals surface area (Å²) in [5.74, 6) is -1.61. The average molecular weight is 347 g/mol. The molecule has 2 aromatic rings. The molecule has 0 radical (unpaired) electrons. The molecule has 1 atom stereocenters. The fraction of sp³-hybridized carbons (Fsp3) is 0.421. The summed E-state index contributed by atoms with van der Waals surface area (Å²) in [5, 5.41) is 3.62. The maximum absolute atomic E-state index is 13.4. The maximum Gasteiger partial charge on any atom is 0.160 e. The fourth-order valence-electron chi connectivity index (χ4n) is 3.24. The minimum absolute atomic E-state index is 0.0472. The summed E-state index contributed by atoms with van der Waals surface area (Å²) in [5.41, 5.74) is 1.70. The summed E-state index contributed by atoms with van der Waals surface area (Å²) >= 11 is 0. The van der Waals surface area contributed by atoms with Gasteiger partial charge in [-0.3, -0.25) is 4.98 Å². The van der Waals surface area contributed by atoms with Gasteiger partial charge in [0, 0.05) is 44.2 Å². The first-order valence-electron chi connectivity index (χ1n) is 8.53. The second-order valence-electron chi connectivity index (χ2n) is 6.29. The number of nitrogens with zero attached hydrogens (tertiary/aromatic N) is 2. The highest BCUT2D eigenvalue weighted by molar-refractivity contribution is 5.47. The molecule has 1 aromatic carbocycles. The summed E-state index contributed by atoms with van der Waals surface area (Å²) in [6.07, 6.45) is 3.63. The topological polar surface area (TPSA) is 37.4 Å². The second kappa shape index (κ2) is 8.36. The van der Waals surface area contributed by atoms with Crippen molar-refractivity contribution in [1.82, 2.24) is 10.3 Å². The molecular weight excluding hydrogens is 324 g/mol. The van der Waals surface area contributed by atoms with Crippen molar-refractivity contribution in [2.24, 2.45) is 0 Å². The van der Waals surface area contributed by atoms with Crippen molar-refractivity contribution < 1.29 is 13.5 Å². The smallest absolute Gasteiger partial charge is 0.160 e. The van der Waals surface area contributed by atoms with E-state index in [1.54, 1.807) is 19.4 Å². The van der Waals surface area contributed by atoms with Gasteiger partial charge in [-0.2, -0.15) is 0 Å². The Bertz CT molecular complexity index is 676. The van der Waals surface area contributed by atoms with Gasteiger partial charge >= 0.3 is 0 Å². The van der Waals surface area contributed by atoms with E-state index in [0.717, 1.165) is 37.3 Å². The second-order valence-corrected chi connectivity index (χ2v) is 6.29. The molecule has 0 amide bonds. The molecule has 0 spiro atoms. The largest absolute Gasteiger partial charge is 0.383 e. The molecule has 4 nitrogen and oxygen atoms in total. The number of pyridine rings is 1. The standard InChI is InChI=1S/C19H23F2N3O/c1-25-13-19(18-4-2-3-9-22-18)23-14-7-10-24(11-8-14)15-5-6-16(20)17(21)12-15/h2-6,9,12,14,19,23H,7-8,10-11,13H2,1H3. The van der Waals surface area contributed by atoms with Crippen LogP contribution in [-0.4, -0.2) is 37.8 Å². The van der Waals surface area contributed by atoms with E-state index in [2.05, 4.69) is 15.2 Å². The first-order chi connectivity index (χ1) is 12.2. The third-order valence-corrected chi connectivity index (χ3v) is 4.58. The number of hydrogen-bond donors (Lipinski definition) is 1. The summed E-state index contributed by atoms with van der Waals surface area (Å²) < 4.78 is 31.8. The van der Waals surface area contributed by atoms with Crippen LogP contribution >= 0.6 is 0 Å². The number of methoxy groups -OCH3 is 1. The van der Waals surface area contributed by atoms with Gasteiger partial charge < -0.3 is 15.0 Å². The maximum atomic E-state index is 13.4. The third kappa shape index (κ3) is 4.52. The van der Waals surface area contributed by atoms with Crippen molar-refractivity contribution in [1.29, 1.82) is 0 Å². The van der Waals surface area contributed by atoms with Crippen LogP contribution in [0.25, 0.3) is 0 Å². The van der Waals surface area contributed by atoms with Gasteiger partial charge in [0.2, 0.25) is 0 Å². The van der Waals surface area contributed by atoms with Crippen LogP contribution in [-0.2, 0) is 4.74 Å². The molecule has 1 unspecified atom stereocenters. The molecule has 25 heavy (non-hydrogen) atoms. The summed E-state index contributed by atoms with van der Waals surface area (Å²) in [7, 11) is 1.68. The lowest BCUT2D eigenvalue weighted by Gasteiger charge is -2.35. The Balaban J connectivity index is 1.58. The van der Waals surface area contributed by atoms with E-state index >= 15 is 0 Å². The molecule has 0 bridgehead atoms. The van der Waals surface area contributed by atoms with Crippen LogP contribution in [0.5, 0.6) is 0 Å². The molecule has 6 heteroatoms. The Morgan fingerprint density at radius 3 is 2.64 bits per heavy atom. The number of nitrogens with one attached hydrogen (secondary N) is 1. The van der Waals surface area contributed by atoms with Crippen LogP contribution in [0, 0.1) is 11.6 Å². The predicted octanol–water partition coefficient (Wildman–Crippen LogP) is 3.31. The van der Waals surface area contributed by atoms with Crippen LogP contribution in [0.1, 0.15) is 24.6 Å². The first-order valence-corrected chi connectivity index (χ1v) is 8.53. The van der Waals surface area contributed by atoms with Crippen molar-refractivity contribution in [2.45, 2.75) is 24.9 Å². The molecule has 0 saturated carbocycles. The number of piperidine rings is 1. The zero-order valence-corrected chi connectivity index (χ0v) is 14.3. The molecule has 1 saturated heterocycles. The van der Waals surface area contributed by atoms with Crippen molar-refractivity contribution in [2.75, 3.05) is 31.7 Å². The predicted molar refractivity (Wildman–Crippen MR) is 93.6 cm³/mol. The summed E-state index contributed by atoms with van der Waals surface area (Å²) in [6, 6.07) is 10.3. The zero-order valence-electron chi connectivity index (χ0n) is 14.3. The lowest BCUT2D eigenvalue weighted by atomic mass is 10.0. The lowest BCUT2D eigenvalue weighted by molar-refractivity contribution is 0.156. The summed E-state index contributed by atoms with van der Waals surface area (Å²) in [6.45, 7) is 2.15. The van der Waals surface area contributed by atoms with Crippen molar-refractivity contribution in [3.8, 4) is 0 Å². The van der Waals surface area contributed by atoms with Gasteiger partial charge in [0.15, 0.2) is 11.6 Å². The van der Waals surface area contributed by atoms with E-state index < -0.39 is 11.6 Å². The van der Waals surface area contributed by atoms with Gasteiger partial charge in [-0.05, 0) is 37.1 Å². The number of halogens is 2. The monoisotopic (exact) mass is 347 g/mol. The number of ether oxygens (including phenoxy) is 1. The van der Waals surface area contributed by atoms with Crippen molar-refractivity contribution in [3.05, 3.63) is 59.9 Å². The van der Waals surface area contributed by atoms with Crippen molar-refractivity contribution in [3.63, 3.8) is 0 Å². The van der Waals surface area contributed by atoms with Crippen molar-refractivity contribution >= 4 is 5.69 Å². The molecule has 1 aromatic heterocycles. The van der Waals surface area contributed by atoms with Crippen LogP contribution in [0.4, 0.5) is 14.5 Å². The molecular formula is C19H23F2N3O. The Hall–Kier alpha value is -2.05. The highest BCUT2D eigenvalue weighted by Crippen LogP contribution is 2.23. The van der Waals surface area contributed by atoms with E-state index in [1.807, 2.05) is 18.2 Å². The minimum atomic E-state index is -0.807. The first kappa shape index (κ1) is 17.8. The Morgan fingerprint density at radius 1 is 1.20 bits per heavy atom.